The number of halogens is 1. The summed E-state index contributed by atoms with van der Waals surface area (Å²) in [5.74, 6) is 0.399. The Balaban J connectivity index is 0.000000467. The number of thiol groups is 1. The van der Waals surface area contributed by atoms with Crippen LogP contribution in [0.2, 0.25) is 5.15 Å². The van der Waals surface area contributed by atoms with Crippen molar-refractivity contribution in [3.05, 3.63) is 23.6 Å². The number of aromatic nitrogens is 3. The summed E-state index contributed by atoms with van der Waals surface area (Å²) in [5, 5.41) is 0.352. The molecule has 0 unspecified atom stereocenters. The Morgan fingerprint density at radius 3 is 2.32 bits per heavy atom. The average Bonchev–Trinajstić information content (AvgIpc) is 2.48. The lowest BCUT2D eigenvalue weighted by Gasteiger charge is -2.02. The Hall–Kier alpha value is -1.11. The van der Waals surface area contributed by atoms with Gasteiger partial charge >= 0.3 is 0 Å². The molecule has 0 aliphatic carbocycles. The fraction of sp³-hybridized carbons (Fsp3) is 0.417. The number of methoxy groups -OCH3 is 2. The number of pyridine rings is 1. The summed E-state index contributed by atoms with van der Waals surface area (Å²) in [6.07, 6.45) is 4.87. The number of hydrogen-bond acceptors (Lipinski definition) is 6. The van der Waals surface area contributed by atoms with Crippen molar-refractivity contribution in [2.75, 3.05) is 27.1 Å². The molecule has 106 valence electrons. The van der Waals surface area contributed by atoms with Crippen molar-refractivity contribution in [1.82, 2.24) is 15.0 Å². The highest BCUT2D eigenvalue weighted by atomic mass is 35.5. The van der Waals surface area contributed by atoms with E-state index in [1.165, 1.54) is 7.11 Å². The normalized spacial score (nSPS) is 8.95. The van der Waals surface area contributed by atoms with Gasteiger partial charge in [0, 0.05) is 32.2 Å². The maximum Gasteiger partial charge on any atom is 0.243 e. The van der Waals surface area contributed by atoms with Gasteiger partial charge in [0.15, 0.2) is 5.52 Å². The number of ether oxygens (including phenoxy) is 2. The highest BCUT2D eigenvalue weighted by Gasteiger charge is 2.06. The summed E-state index contributed by atoms with van der Waals surface area (Å²) in [5.41, 5.74) is 1.30. The van der Waals surface area contributed by atoms with Crippen LogP contribution >= 0.6 is 24.2 Å². The largest absolute Gasteiger partial charge is 0.479 e. The van der Waals surface area contributed by atoms with Gasteiger partial charge in [-0.15, -0.1) is 0 Å². The van der Waals surface area contributed by atoms with Crippen LogP contribution in [0.25, 0.3) is 11.0 Å². The summed E-state index contributed by atoms with van der Waals surface area (Å²) in [6, 6.07) is 1.65. The topological polar surface area (TPSA) is 57.1 Å². The molecule has 0 saturated carbocycles. The third-order valence-corrected chi connectivity index (χ3v) is 2.07. The van der Waals surface area contributed by atoms with Crippen LogP contribution in [-0.2, 0) is 4.74 Å². The monoisotopic (exact) mass is 303 g/mol. The zero-order valence-corrected chi connectivity index (χ0v) is 13.1. The Bertz CT molecular complexity index is 483. The molecule has 19 heavy (non-hydrogen) atoms. The number of nitrogens with zero attached hydrogens (tertiary/aromatic N) is 3. The van der Waals surface area contributed by atoms with Crippen LogP contribution in [0.1, 0.15) is 6.92 Å². The van der Waals surface area contributed by atoms with E-state index in [9.17, 15) is 0 Å². The predicted molar refractivity (Wildman–Crippen MR) is 81.4 cm³/mol. The molecular formula is C12H18ClN3O2S. The minimum atomic E-state index is 0.352. The number of hydrogen-bond donors (Lipinski definition) is 1. The molecule has 0 fully saturated rings. The van der Waals surface area contributed by atoms with Crippen LogP contribution in [0.4, 0.5) is 0 Å². The van der Waals surface area contributed by atoms with Crippen LogP contribution < -0.4 is 4.74 Å². The highest BCUT2D eigenvalue weighted by Crippen LogP contribution is 2.22. The molecule has 0 amide bonds. The minimum absolute atomic E-state index is 0.352. The van der Waals surface area contributed by atoms with Gasteiger partial charge in [-0.1, -0.05) is 11.6 Å². The summed E-state index contributed by atoms with van der Waals surface area (Å²) in [6.45, 7) is 2.78. The van der Waals surface area contributed by atoms with Crippen LogP contribution in [0.5, 0.6) is 5.88 Å². The summed E-state index contributed by atoms with van der Waals surface area (Å²) in [7, 11) is 3.20. The van der Waals surface area contributed by atoms with Gasteiger partial charge in [-0.3, -0.25) is 4.98 Å². The first-order valence-electron chi connectivity index (χ1n) is 5.47. The van der Waals surface area contributed by atoms with E-state index >= 15 is 0 Å². The Labute approximate surface area is 123 Å². The van der Waals surface area contributed by atoms with Gasteiger partial charge < -0.3 is 9.47 Å². The fourth-order valence-corrected chi connectivity index (χ4v) is 1.24. The molecule has 0 N–H and O–H groups in total. The second-order valence-electron chi connectivity index (χ2n) is 2.96. The highest BCUT2D eigenvalue weighted by molar-refractivity contribution is 7.79. The Morgan fingerprint density at radius 1 is 1.21 bits per heavy atom. The molecule has 0 radical (unpaired) electrons. The van der Waals surface area contributed by atoms with E-state index in [-0.39, 0.29) is 0 Å². The molecule has 2 heterocycles. The van der Waals surface area contributed by atoms with Crippen molar-refractivity contribution in [3.8, 4) is 5.88 Å². The maximum atomic E-state index is 5.74. The van der Waals surface area contributed by atoms with E-state index < -0.39 is 0 Å². The van der Waals surface area contributed by atoms with Gasteiger partial charge in [0.25, 0.3) is 0 Å². The lowest BCUT2D eigenvalue weighted by molar-refractivity contribution is 0.215. The second-order valence-corrected chi connectivity index (χ2v) is 3.34. The van der Waals surface area contributed by atoms with Gasteiger partial charge in [-0.25, -0.2) is 4.98 Å². The zero-order chi connectivity index (χ0) is 14.7. The molecule has 2 rings (SSSR count). The Kier molecular flexibility index (Phi) is 10.1. The molecule has 0 aliphatic rings. The first kappa shape index (κ1) is 17.9. The van der Waals surface area contributed by atoms with Crippen LogP contribution in [0.3, 0.4) is 0 Å². The molecule has 0 bridgehead atoms. The average molecular weight is 304 g/mol. The summed E-state index contributed by atoms with van der Waals surface area (Å²) < 4.78 is 9.55. The lowest BCUT2D eigenvalue weighted by atomic mass is 10.4. The number of rotatable bonds is 2. The smallest absolute Gasteiger partial charge is 0.243 e. The first-order chi connectivity index (χ1) is 9.22. The standard InChI is InChI=1S/C8H6ClN3O.C3H8O.CH4S/c1-13-8-7-5(4-6(9)12-8)10-2-3-11-7;1-3-4-2;1-2/h2-4H,1H3;3H2,1-2H3;2H,1H3. The molecule has 0 atom stereocenters. The van der Waals surface area contributed by atoms with Crippen molar-refractivity contribution in [2.45, 2.75) is 6.92 Å². The van der Waals surface area contributed by atoms with Crippen molar-refractivity contribution in [1.29, 1.82) is 0 Å². The van der Waals surface area contributed by atoms with E-state index in [1.807, 2.05) is 6.92 Å². The summed E-state index contributed by atoms with van der Waals surface area (Å²) in [4.78, 5) is 12.1. The quantitative estimate of drug-likeness (QED) is 0.683. The van der Waals surface area contributed by atoms with Gasteiger partial charge in [0.05, 0.1) is 12.6 Å². The van der Waals surface area contributed by atoms with Crippen molar-refractivity contribution in [2.24, 2.45) is 0 Å². The molecule has 7 heteroatoms. The second kappa shape index (κ2) is 10.8. The van der Waals surface area contributed by atoms with E-state index in [2.05, 4.69) is 32.3 Å². The fourth-order valence-electron chi connectivity index (χ4n) is 1.06. The van der Waals surface area contributed by atoms with Crippen LogP contribution in [0, 0.1) is 0 Å². The number of fused-ring (bicyclic) bond motifs is 1. The predicted octanol–water partition coefficient (Wildman–Crippen LogP) is 2.89. The van der Waals surface area contributed by atoms with Crippen molar-refractivity contribution in [3.63, 3.8) is 0 Å². The summed E-state index contributed by atoms with van der Waals surface area (Å²) >= 11 is 9.27. The van der Waals surface area contributed by atoms with E-state index in [0.29, 0.717) is 22.1 Å². The molecule has 2 aromatic rings. The molecule has 0 spiro atoms. The van der Waals surface area contributed by atoms with E-state index in [1.54, 1.807) is 31.8 Å². The van der Waals surface area contributed by atoms with Gasteiger partial charge in [-0.2, -0.15) is 17.6 Å². The minimum Gasteiger partial charge on any atom is -0.479 e. The maximum absolute atomic E-state index is 5.74. The van der Waals surface area contributed by atoms with Gasteiger partial charge in [0.2, 0.25) is 5.88 Å². The van der Waals surface area contributed by atoms with Gasteiger partial charge in [-0.05, 0) is 13.2 Å². The molecule has 0 aliphatic heterocycles. The molecule has 2 aromatic heterocycles. The third kappa shape index (κ3) is 6.04. The van der Waals surface area contributed by atoms with Crippen LogP contribution in [0.15, 0.2) is 18.5 Å². The van der Waals surface area contributed by atoms with Gasteiger partial charge in [0.1, 0.15) is 5.15 Å². The van der Waals surface area contributed by atoms with Crippen LogP contribution in [-0.4, -0.2) is 42.0 Å². The Morgan fingerprint density at radius 2 is 1.79 bits per heavy atom. The first-order valence-corrected chi connectivity index (χ1v) is 6.75. The van der Waals surface area contributed by atoms with E-state index in [0.717, 1.165) is 6.61 Å². The van der Waals surface area contributed by atoms with E-state index in [4.69, 9.17) is 16.3 Å². The van der Waals surface area contributed by atoms with Crippen molar-refractivity contribution >= 4 is 35.3 Å². The lowest BCUT2D eigenvalue weighted by Crippen LogP contribution is -1.92. The SMILES string of the molecule is CCOC.COc1nc(Cl)cc2nccnc12.CS. The molecule has 5 nitrogen and oxygen atoms in total. The molecular weight excluding hydrogens is 286 g/mol. The molecule has 0 aromatic carbocycles. The zero-order valence-electron chi connectivity index (χ0n) is 11.4. The van der Waals surface area contributed by atoms with Crippen molar-refractivity contribution < 1.29 is 9.47 Å². The third-order valence-electron chi connectivity index (χ3n) is 1.88. The molecule has 0 saturated heterocycles.